The number of aromatic carboxylic acids is 2. The lowest BCUT2D eigenvalue weighted by Crippen LogP contribution is -2.02. The predicted octanol–water partition coefficient (Wildman–Crippen LogP) is 8.05. The molecule has 0 bridgehead atoms. The second-order valence-corrected chi connectivity index (χ2v) is 9.55. The molecular weight excluding hydrogens is 480 g/mol. The average Bonchev–Trinajstić information content (AvgIpc) is 2.88. The Hall–Kier alpha value is -4.58. The molecule has 0 saturated heterocycles. The molecule has 0 aliphatic rings. The highest BCUT2D eigenvalue weighted by atomic mass is 16.5. The maximum absolute atomic E-state index is 11.1. The van der Waals surface area contributed by atoms with Gasteiger partial charge >= 0.3 is 11.9 Å². The van der Waals surface area contributed by atoms with Gasteiger partial charge in [-0.3, -0.25) is 0 Å². The van der Waals surface area contributed by atoms with Crippen molar-refractivity contribution in [2.24, 2.45) is 0 Å². The van der Waals surface area contributed by atoms with E-state index in [0.717, 1.165) is 44.9 Å². The zero-order chi connectivity index (χ0) is 27.6. The lowest BCUT2D eigenvalue weighted by molar-refractivity contribution is 0.0686. The summed E-state index contributed by atoms with van der Waals surface area (Å²) in [5.41, 5.74) is 6.72. The van der Waals surface area contributed by atoms with Crippen LogP contribution in [0.25, 0.3) is 0 Å². The SMILES string of the molecule is Cc1cc(C(C)c2cc(C)c(Oc3ccc(C(=O)O)cc3)c(C)c2)cc(C)c1Oc1ccc(C(=O)O)cc1. The van der Waals surface area contributed by atoms with E-state index in [9.17, 15) is 9.59 Å². The van der Waals surface area contributed by atoms with Crippen molar-refractivity contribution >= 4 is 11.9 Å². The van der Waals surface area contributed by atoms with Gasteiger partial charge in [0.25, 0.3) is 0 Å². The van der Waals surface area contributed by atoms with Gasteiger partial charge in [-0.2, -0.15) is 0 Å². The van der Waals surface area contributed by atoms with Gasteiger partial charge in [-0.1, -0.05) is 31.2 Å². The minimum Gasteiger partial charge on any atom is -0.478 e. The molecule has 0 aromatic heterocycles. The molecule has 0 radical (unpaired) electrons. The van der Waals surface area contributed by atoms with Gasteiger partial charge in [0, 0.05) is 5.92 Å². The van der Waals surface area contributed by atoms with Crippen LogP contribution in [0.2, 0.25) is 0 Å². The van der Waals surface area contributed by atoms with E-state index in [1.54, 1.807) is 24.3 Å². The van der Waals surface area contributed by atoms with Crippen molar-refractivity contribution in [2.75, 3.05) is 0 Å². The zero-order valence-electron chi connectivity index (χ0n) is 22.0. The normalized spacial score (nSPS) is 10.9. The molecule has 4 aromatic carbocycles. The van der Waals surface area contributed by atoms with Crippen LogP contribution in [-0.2, 0) is 0 Å². The Labute approximate surface area is 222 Å². The molecule has 0 unspecified atom stereocenters. The number of ether oxygens (including phenoxy) is 2. The summed E-state index contributed by atoms with van der Waals surface area (Å²) in [5.74, 6) is 0.868. The Morgan fingerprint density at radius 1 is 0.579 bits per heavy atom. The summed E-state index contributed by atoms with van der Waals surface area (Å²) in [5, 5.41) is 18.2. The minimum absolute atomic E-state index is 0.123. The Morgan fingerprint density at radius 3 is 1.13 bits per heavy atom. The van der Waals surface area contributed by atoms with Gasteiger partial charge in [0.1, 0.15) is 23.0 Å². The van der Waals surface area contributed by atoms with Crippen molar-refractivity contribution in [3.63, 3.8) is 0 Å². The molecule has 6 heteroatoms. The first-order valence-electron chi connectivity index (χ1n) is 12.3. The summed E-state index contributed by atoms with van der Waals surface area (Å²) in [4.78, 5) is 22.2. The molecule has 194 valence electrons. The first kappa shape index (κ1) is 26.5. The van der Waals surface area contributed by atoms with Crippen molar-refractivity contribution < 1.29 is 29.3 Å². The summed E-state index contributed by atoms with van der Waals surface area (Å²) in [7, 11) is 0. The van der Waals surface area contributed by atoms with Gasteiger partial charge in [-0.15, -0.1) is 0 Å². The van der Waals surface area contributed by atoms with Gasteiger partial charge in [-0.05, 0) is 110 Å². The summed E-state index contributed by atoms with van der Waals surface area (Å²) < 4.78 is 12.2. The van der Waals surface area contributed by atoms with Crippen molar-refractivity contribution in [1.82, 2.24) is 0 Å². The van der Waals surface area contributed by atoms with E-state index in [0.29, 0.717) is 11.5 Å². The molecule has 0 spiro atoms. The second-order valence-electron chi connectivity index (χ2n) is 9.55. The number of carboxylic acids is 2. The Bertz CT molecular complexity index is 1340. The van der Waals surface area contributed by atoms with Crippen molar-refractivity contribution in [3.8, 4) is 23.0 Å². The minimum atomic E-state index is -0.971. The molecule has 0 fully saturated rings. The summed E-state index contributed by atoms with van der Waals surface area (Å²) in [6.07, 6.45) is 0. The molecule has 0 aliphatic heterocycles. The molecule has 4 rings (SSSR count). The molecule has 0 saturated carbocycles. The third kappa shape index (κ3) is 5.70. The fourth-order valence-electron chi connectivity index (χ4n) is 4.55. The third-order valence-corrected chi connectivity index (χ3v) is 6.61. The Balaban J connectivity index is 1.55. The number of carboxylic acid groups (broad SMARTS) is 2. The van der Waals surface area contributed by atoms with E-state index in [-0.39, 0.29) is 17.0 Å². The number of benzene rings is 4. The highest BCUT2D eigenvalue weighted by Crippen LogP contribution is 2.37. The van der Waals surface area contributed by atoms with Crippen LogP contribution >= 0.6 is 0 Å². The monoisotopic (exact) mass is 510 g/mol. The largest absolute Gasteiger partial charge is 0.478 e. The standard InChI is InChI=1S/C32H30O6/c1-18-14-25(15-19(2)29(18)37-27-10-6-23(7-11-27)31(33)34)22(5)26-16-20(3)30(21(4)17-26)38-28-12-8-24(9-13-28)32(35)36/h6-17,22H,1-5H3,(H,33,34)(H,35,36). The van der Waals surface area contributed by atoms with Crippen LogP contribution in [0.4, 0.5) is 0 Å². The predicted molar refractivity (Wildman–Crippen MR) is 146 cm³/mol. The van der Waals surface area contributed by atoms with Crippen LogP contribution in [0.15, 0.2) is 72.8 Å². The quantitative estimate of drug-likeness (QED) is 0.249. The van der Waals surface area contributed by atoms with E-state index in [1.165, 1.54) is 24.3 Å². The average molecular weight is 511 g/mol. The Kier molecular flexibility index (Phi) is 7.53. The van der Waals surface area contributed by atoms with Crippen LogP contribution in [0.1, 0.15) is 66.9 Å². The second kappa shape index (κ2) is 10.8. The molecule has 0 amide bonds. The van der Waals surface area contributed by atoms with E-state index < -0.39 is 11.9 Å². The van der Waals surface area contributed by atoms with Crippen LogP contribution < -0.4 is 9.47 Å². The lowest BCUT2D eigenvalue weighted by atomic mass is 9.88. The third-order valence-electron chi connectivity index (χ3n) is 6.61. The van der Waals surface area contributed by atoms with Gasteiger partial charge < -0.3 is 19.7 Å². The molecule has 38 heavy (non-hydrogen) atoms. The maximum Gasteiger partial charge on any atom is 0.335 e. The first-order chi connectivity index (χ1) is 18.0. The topological polar surface area (TPSA) is 93.1 Å². The summed E-state index contributed by atoms with van der Waals surface area (Å²) in [6, 6.07) is 21.3. The fourth-order valence-corrected chi connectivity index (χ4v) is 4.55. The molecule has 0 aliphatic carbocycles. The van der Waals surface area contributed by atoms with Gasteiger partial charge in [0.2, 0.25) is 0 Å². The summed E-state index contributed by atoms with van der Waals surface area (Å²) >= 11 is 0. The van der Waals surface area contributed by atoms with Gasteiger partial charge in [0.05, 0.1) is 11.1 Å². The van der Waals surface area contributed by atoms with Crippen molar-refractivity contribution in [3.05, 3.63) is 117 Å². The number of aryl methyl sites for hydroxylation is 4. The lowest BCUT2D eigenvalue weighted by Gasteiger charge is -2.20. The van der Waals surface area contributed by atoms with E-state index in [2.05, 4.69) is 31.2 Å². The van der Waals surface area contributed by atoms with Crippen LogP contribution in [0.3, 0.4) is 0 Å². The molecular formula is C32H30O6. The number of rotatable bonds is 8. The van der Waals surface area contributed by atoms with E-state index in [1.807, 2.05) is 27.7 Å². The first-order valence-corrected chi connectivity index (χ1v) is 12.3. The van der Waals surface area contributed by atoms with Gasteiger partial charge in [0.15, 0.2) is 0 Å². The molecule has 2 N–H and O–H groups in total. The van der Waals surface area contributed by atoms with E-state index >= 15 is 0 Å². The van der Waals surface area contributed by atoms with Crippen molar-refractivity contribution in [2.45, 2.75) is 40.5 Å². The van der Waals surface area contributed by atoms with Gasteiger partial charge in [-0.25, -0.2) is 9.59 Å². The van der Waals surface area contributed by atoms with Crippen molar-refractivity contribution in [1.29, 1.82) is 0 Å². The van der Waals surface area contributed by atoms with Crippen LogP contribution in [-0.4, -0.2) is 22.2 Å². The maximum atomic E-state index is 11.1. The summed E-state index contributed by atoms with van der Waals surface area (Å²) in [6.45, 7) is 10.2. The number of carbonyl (C=O) groups is 2. The molecule has 6 nitrogen and oxygen atoms in total. The molecule has 0 atom stereocenters. The zero-order valence-corrected chi connectivity index (χ0v) is 22.0. The molecule has 0 heterocycles. The highest BCUT2D eigenvalue weighted by Gasteiger charge is 2.17. The highest BCUT2D eigenvalue weighted by molar-refractivity contribution is 5.88. The van der Waals surface area contributed by atoms with Crippen LogP contribution in [0, 0.1) is 27.7 Å². The molecule has 4 aromatic rings. The van der Waals surface area contributed by atoms with E-state index in [4.69, 9.17) is 19.7 Å². The fraction of sp³-hybridized carbons (Fsp3) is 0.188. The van der Waals surface area contributed by atoms with Crippen LogP contribution in [0.5, 0.6) is 23.0 Å². The Morgan fingerprint density at radius 2 is 0.868 bits per heavy atom. The number of hydrogen-bond donors (Lipinski definition) is 2. The smallest absolute Gasteiger partial charge is 0.335 e. The number of hydrogen-bond acceptors (Lipinski definition) is 4.